The molecule has 0 saturated heterocycles. The predicted octanol–water partition coefficient (Wildman–Crippen LogP) is 4.10. The molecule has 0 radical (unpaired) electrons. The molecule has 0 spiro atoms. The molecule has 3 rings (SSSR count). The van der Waals surface area contributed by atoms with E-state index in [2.05, 4.69) is 41.7 Å². The molecule has 0 amide bonds. The van der Waals surface area contributed by atoms with Crippen molar-refractivity contribution in [2.75, 3.05) is 7.11 Å². The predicted molar refractivity (Wildman–Crippen MR) is 83.4 cm³/mol. The number of hydrogen-bond acceptors (Lipinski definition) is 3. The molecule has 0 atom stereocenters. The van der Waals surface area contributed by atoms with Gasteiger partial charge >= 0.3 is 0 Å². The van der Waals surface area contributed by atoms with Crippen LogP contribution in [0.3, 0.4) is 0 Å². The topological polar surface area (TPSA) is 21.3 Å². The molecule has 1 saturated carbocycles. The number of rotatable bonds is 6. The Morgan fingerprint density at radius 1 is 1.10 bits per heavy atom. The van der Waals surface area contributed by atoms with E-state index in [1.54, 1.807) is 7.11 Å². The van der Waals surface area contributed by atoms with Gasteiger partial charge in [-0.15, -0.1) is 0 Å². The van der Waals surface area contributed by atoms with Crippen LogP contribution in [-0.4, -0.2) is 13.2 Å². The van der Waals surface area contributed by atoms with Gasteiger partial charge in [-0.05, 0) is 48.7 Å². The van der Waals surface area contributed by atoms with Gasteiger partial charge in [0.25, 0.3) is 0 Å². The first-order chi connectivity index (χ1) is 9.85. The van der Waals surface area contributed by atoms with E-state index in [0.717, 1.165) is 18.3 Å². The summed E-state index contributed by atoms with van der Waals surface area (Å²) in [5, 5.41) is 3.58. The molecule has 0 bridgehead atoms. The molecule has 20 heavy (non-hydrogen) atoms. The van der Waals surface area contributed by atoms with Crippen molar-refractivity contribution >= 4 is 11.8 Å². The smallest absolute Gasteiger partial charge is 0.118 e. The molecule has 1 aliphatic carbocycles. The Kier molecular flexibility index (Phi) is 4.28. The van der Waals surface area contributed by atoms with Crippen molar-refractivity contribution in [3.63, 3.8) is 0 Å². The first kappa shape index (κ1) is 13.5. The van der Waals surface area contributed by atoms with E-state index < -0.39 is 0 Å². The van der Waals surface area contributed by atoms with Gasteiger partial charge in [0.15, 0.2) is 0 Å². The highest BCUT2D eigenvalue weighted by Crippen LogP contribution is 2.32. The molecule has 0 heterocycles. The van der Waals surface area contributed by atoms with E-state index in [0.29, 0.717) is 0 Å². The second-order valence-corrected chi connectivity index (χ2v) is 6.16. The maximum Gasteiger partial charge on any atom is 0.118 e. The van der Waals surface area contributed by atoms with Gasteiger partial charge in [-0.3, -0.25) is 0 Å². The number of nitrogens with one attached hydrogen (secondary N) is 1. The van der Waals surface area contributed by atoms with Crippen molar-refractivity contribution in [2.24, 2.45) is 0 Å². The molecule has 104 valence electrons. The molecule has 3 heteroatoms. The highest BCUT2D eigenvalue weighted by atomic mass is 32.2. The fraction of sp³-hybridized carbons (Fsp3) is 0.294. The van der Waals surface area contributed by atoms with Crippen LogP contribution in [0.15, 0.2) is 58.3 Å². The maximum absolute atomic E-state index is 5.20. The molecule has 0 aromatic heterocycles. The fourth-order valence-electron chi connectivity index (χ4n) is 2.06. The van der Waals surface area contributed by atoms with Crippen LogP contribution in [0.1, 0.15) is 18.4 Å². The summed E-state index contributed by atoms with van der Waals surface area (Å²) in [5.41, 5.74) is 1.38. The lowest BCUT2D eigenvalue weighted by molar-refractivity contribution is 0.414. The zero-order valence-corrected chi connectivity index (χ0v) is 12.5. The van der Waals surface area contributed by atoms with E-state index in [9.17, 15) is 0 Å². The van der Waals surface area contributed by atoms with E-state index >= 15 is 0 Å². The summed E-state index contributed by atoms with van der Waals surface area (Å²) in [6.45, 7) is 0.962. The Balaban J connectivity index is 1.71. The molecule has 2 aromatic carbocycles. The van der Waals surface area contributed by atoms with Crippen molar-refractivity contribution in [3.05, 3.63) is 54.1 Å². The minimum atomic E-state index is 0.744. The molecule has 1 fully saturated rings. The second kappa shape index (κ2) is 6.33. The minimum Gasteiger partial charge on any atom is -0.497 e. The van der Waals surface area contributed by atoms with Crippen LogP contribution in [0.25, 0.3) is 0 Å². The molecule has 1 aliphatic rings. The lowest BCUT2D eigenvalue weighted by Crippen LogP contribution is -2.15. The monoisotopic (exact) mass is 285 g/mol. The molecule has 1 N–H and O–H groups in total. The Hall–Kier alpha value is -1.45. The van der Waals surface area contributed by atoms with E-state index in [-0.39, 0.29) is 0 Å². The van der Waals surface area contributed by atoms with Crippen LogP contribution in [0.4, 0.5) is 0 Å². The first-order valence-electron chi connectivity index (χ1n) is 6.98. The summed E-state index contributed by atoms with van der Waals surface area (Å²) < 4.78 is 5.20. The average molecular weight is 285 g/mol. The second-order valence-electron chi connectivity index (χ2n) is 5.04. The van der Waals surface area contributed by atoms with Gasteiger partial charge < -0.3 is 10.1 Å². The summed E-state index contributed by atoms with van der Waals surface area (Å²) in [5.74, 6) is 0.901. The van der Waals surface area contributed by atoms with Gasteiger partial charge in [-0.2, -0.15) is 0 Å². The number of ether oxygens (including phenoxy) is 1. The van der Waals surface area contributed by atoms with Gasteiger partial charge in [0, 0.05) is 22.4 Å². The van der Waals surface area contributed by atoms with Crippen molar-refractivity contribution in [1.29, 1.82) is 0 Å². The number of methoxy groups -OCH3 is 1. The van der Waals surface area contributed by atoms with Gasteiger partial charge in [0.1, 0.15) is 5.75 Å². The Bertz CT molecular complexity index is 563. The molecule has 2 aromatic rings. The minimum absolute atomic E-state index is 0.744. The summed E-state index contributed by atoms with van der Waals surface area (Å²) in [7, 11) is 1.70. The van der Waals surface area contributed by atoms with Crippen LogP contribution in [-0.2, 0) is 6.54 Å². The van der Waals surface area contributed by atoms with Crippen LogP contribution in [0.2, 0.25) is 0 Å². The molecular formula is C17H19NOS. The van der Waals surface area contributed by atoms with E-state index in [1.165, 1.54) is 28.2 Å². The largest absolute Gasteiger partial charge is 0.497 e. The zero-order valence-electron chi connectivity index (χ0n) is 11.6. The van der Waals surface area contributed by atoms with E-state index in [4.69, 9.17) is 4.74 Å². The highest BCUT2D eigenvalue weighted by molar-refractivity contribution is 7.99. The van der Waals surface area contributed by atoms with Crippen LogP contribution < -0.4 is 10.1 Å². The molecule has 0 aliphatic heterocycles. The van der Waals surface area contributed by atoms with Crippen LogP contribution in [0, 0.1) is 0 Å². The quantitative estimate of drug-likeness (QED) is 0.863. The third-order valence-corrected chi connectivity index (χ3v) is 4.54. The fourth-order valence-corrected chi connectivity index (χ4v) is 3.01. The number of hydrogen-bond donors (Lipinski definition) is 1. The lowest BCUT2D eigenvalue weighted by atomic mass is 10.2. The van der Waals surface area contributed by atoms with Crippen molar-refractivity contribution in [2.45, 2.75) is 35.2 Å². The number of benzene rings is 2. The highest BCUT2D eigenvalue weighted by Gasteiger charge is 2.20. The summed E-state index contributed by atoms with van der Waals surface area (Å²) in [6, 6.07) is 17.6. The average Bonchev–Trinajstić information content (AvgIpc) is 3.31. The van der Waals surface area contributed by atoms with Crippen molar-refractivity contribution in [1.82, 2.24) is 5.32 Å². The van der Waals surface area contributed by atoms with Gasteiger partial charge in [0.05, 0.1) is 7.11 Å². The molecule has 2 nitrogen and oxygen atoms in total. The Morgan fingerprint density at radius 3 is 2.55 bits per heavy atom. The summed E-state index contributed by atoms with van der Waals surface area (Å²) in [4.78, 5) is 2.57. The Labute approximate surface area is 124 Å². The normalized spacial score (nSPS) is 14.2. The van der Waals surface area contributed by atoms with Crippen molar-refractivity contribution in [3.8, 4) is 5.75 Å². The molecular weight excluding hydrogens is 266 g/mol. The third-order valence-electron chi connectivity index (χ3n) is 3.42. The van der Waals surface area contributed by atoms with Crippen molar-refractivity contribution < 1.29 is 4.74 Å². The maximum atomic E-state index is 5.20. The zero-order chi connectivity index (χ0) is 13.8. The third kappa shape index (κ3) is 3.56. The van der Waals surface area contributed by atoms with E-state index in [1.807, 2.05) is 23.9 Å². The summed E-state index contributed by atoms with van der Waals surface area (Å²) in [6.07, 6.45) is 2.65. The Morgan fingerprint density at radius 2 is 1.85 bits per heavy atom. The van der Waals surface area contributed by atoms with Crippen LogP contribution in [0.5, 0.6) is 5.75 Å². The van der Waals surface area contributed by atoms with Gasteiger partial charge in [0.2, 0.25) is 0 Å². The lowest BCUT2D eigenvalue weighted by Gasteiger charge is -2.10. The van der Waals surface area contributed by atoms with Crippen LogP contribution >= 0.6 is 11.8 Å². The summed E-state index contributed by atoms with van der Waals surface area (Å²) >= 11 is 1.81. The SMILES string of the molecule is COc1ccc(Sc2ccccc2CNC2CC2)cc1. The van der Waals surface area contributed by atoms with Gasteiger partial charge in [-0.1, -0.05) is 30.0 Å². The van der Waals surface area contributed by atoms with Gasteiger partial charge in [-0.25, -0.2) is 0 Å². The standard InChI is InChI=1S/C17H19NOS/c1-19-15-8-10-16(11-9-15)20-17-5-3-2-4-13(17)12-18-14-6-7-14/h2-5,8-11,14,18H,6-7,12H2,1H3. The first-order valence-corrected chi connectivity index (χ1v) is 7.80. The molecule has 0 unspecified atom stereocenters.